The monoisotopic (exact) mass is 196 g/mol. The average Bonchev–Trinajstić information content (AvgIpc) is 2.26. The number of hydrogen-bond acceptors (Lipinski definition) is 3. The first-order valence-corrected chi connectivity index (χ1v) is 4.62. The molecule has 1 aromatic rings. The summed E-state index contributed by atoms with van der Waals surface area (Å²) in [7, 11) is 3.22. The van der Waals surface area contributed by atoms with Crippen LogP contribution < -0.4 is 9.47 Å². The van der Waals surface area contributed by atoms with Crippen LogP contribution in [-0.4, -0.2) is 19.3 Å². The van der Waals surface area contributed by atoms with Gasteiger partial charge in [-0.1, -0.05) is 13.0 Å². The molecule has 3 nitrogen and oxygen atoms in total. The van der Waals surface area contributed by atoms with E-state index in [1.165, 1.54) is 0 Å². The fourth-order valence-electron chi connectivity index (χ4n) is 1.57. The van der Waals surface area contributed by atoms with Gasteiger partial charge in [0.05, 0.1) is 20.8 Å². The lowest BCUT2D eigenvalue weighted by Gasteiger charge is -2.14. The standard InChI is InChI=1S/C11H16O3/c1-4-9-8(7-12)5-6-10(13-2)11(9)14-3/h5-6,12H,4,7H2,1-3H3. The van der Waals surface area contributed by atoms with Crippen molar-refractivity contribution in [2.75, 3.05) is 14.2 Å². The summed E-state index contributed by atoms with van der Waals surface area (Å²) in [6.07, 6.45) is 0.816. The van der Waals surface area contributed by atoms with Gasteiger partial charge in [0.15, 0.2) is 11.5 Å². The lowest BCUT2D eigenvalue weighted by molar-refractivity contribution is 0.278. The molecular weight excluding hydrogens is 180 g/mol. The van der Waals surface area contributed by atoms with Crippen molar-refractivity contribution in [1.29, 1.82) is 0 Å². The quantitative estimate of drug-likeness (QED) is 0.797. The highest BCUT2D eigenvalue weighted by Crippen LogP contribution is 2.33. The Morgan fingerprint density at radius 3 is 2.36 bits per heavy atom. The van der Waals surface area contributed by atoms with Crippen LogP contribution in [0.3, 0.4) is 0 Å². The molecule has 0 aliphatic heterocycles. The number of benzene rings is 1. The minimum Gasteiger partial charge on any atom is -0.493 e. The summed E-state index contributed by atoms with van der Waals surface area (Å²) >= 11 is 0. The van der Waals surface area contributed by atoms with Crippen molar-refractivity contribution in [1.82, 2.24) is 0 Å². The van der Waals surface area contributed by atoms with Crippen LogP contribution in [0.4, 0.5) is 0 Å². The van der Waals surface area contributed by atoms with Crippen LogP contribution in [0, 0.1) is 0 Å². The summed E-state index contributed by atoms with van der Waals surface area (Å²) in [6.45, 7) is 2.06. The maximum absolute atomic E-state index is 9.14. The normalized spacial score (nSPS) is 10.0. The molecule has 1 rings (SSSR count). The van der Waals surface area contributed by atoms with Crippen molar-refractivity contribution in [2.24, 2.45) is 0 Å². The Morgan fingerprint density at radius 2 is 1.93 bits per heavy atom. The third-order valence-corrected chi connectivity index (χ3v) is 2.27. The smallest absolute Gasteiger partial charge is 0.164 e. The molecule has 0 aliphatic rings. The van der Waals surface area contributed by atoms with E-state index in [1.807, 2.05) is 19.1 Å². The van der Waals surface area contributed by atoms with Crippen LogP contribution in [0.2, 0.25) is 0 Å². The molecule has 0 heterocycles. The van der Waals surface area contributed by atoms with Crippen LogP contribution in [0.5, 0.6) is 11.5 Å². The number of hydrogen-bond donors (Lipinski definition) is 1. The SMILES string of the molecule is CCc1c(CO)ccc(OC)c1OC. The zero-order valence-electron chi connectivity index (χ0n) is 8.83. The van der Waals surface area contributed by atoms with Gasteiger partial charge < -0.3 is 14.6 Å². The molecule has 0 spiro atoms. The maximum Gasteiger partial charge on any atom is 0.164 e. The number of aliphatic hydroxyl groups is 1. The Bertz CT molecular complexity index is 277. The third kappa shape index (κ3) is 1.82. The number of methoxy groups -OCH3 is 2. The summed E-state index contributed by atoms with van der Waals surface area (Å²) in [5, 5.41) is 9.14. The second-order valence-electron chi connectivity index (χ2n) is 2.95. The molecule has 1 aromatic carbocycles. The minimum absolute atomic E-state index is 0.0313. The Balaban J connectivity index is 3.28. The highest BCUT2D eigenvalue weighted by Gasteiger charge is 2.12. The van der Waals surface area contributed by atoms with Crippen LogP contribution in [0.15, 0.2) is 12.1 Å². The predicted molar refractivity (Wildman–Crippen MR) is 54.8 cm³/mol. The van der Waals surface area contributed by atoms with Crippen LogP contribution >= 0.6 is 0 Å². The van der Waals surface area contributed by atoms with E-state index < -0.39 is 0 Å². The van der Waals surface area contributed by atoms with Crippen molar-refractivity contribution < 1.29 is 14.6 Å². The Labute approximate surface area is 84.3 Å². The molecule has 0 atom stereocenters. The first-order chi connectivity index (χ1) is 6.78. The topological polar surface area (TPSA) is 38.7 Å². The van der Waals surface area contributed by atoms with Gasteiger partial charge in [0, 0.05) is 5.56 Å². The van der Waals surface area contributed by atoms with Crippen LogP contribution in [-0.2, 0) is 13.0 Å². The minimum atomic E-state index is 0.0313. The van der Waals surface area contributed by atoms with Gasteiger partial charge in [-0.25, -0.2) is 0 Å². The van der Waals surface area contributed by atoms with E-state index >= 15 is 0 Å². The summed E-state index contributed by atoms with van der Waals surface area (Å²) in [5.41, 5.74) is 1.90. The van der Waals surface area contributed by atoms with Gasteiger partial charge >= 0.3 is 0 Å². The lowest BCUT2D eigenvalue weighted by atomic mass is 10.0. The second-order valence-corrected chi connectivity index (χ2v) is 2.95. The Hall–Kier alpha value is -1.22. The molecule has 0 aromatic heterocycles. The van der Waals surface area contributed by atoms with Gasteiger partial charge in [-0.05, 0) is 18.1 Å². The van der Waals surface area contributed by atoms with Crippen molar-refractivity contribution in [3.63, 3.8) is 0 Å². The molecular formula is C11H16O3. The molecule has 0 amide bonds. The van der Waals surface area contributed by atoms with E-state index in [1.54, 1.807) is 14.2 Å². The molecule has 14 heavy (non-hydrogen) atoms. The van der Waals surface area contributed by atoms with Crippen molar-refractivity contribution >= 4 is 0 Å². The highest BCUT2D eigenvalue weighted by molar-refractivity contribution is 5.50. The summed E-state index contributed by atoms with van der Waals surface area (Å²) in [6, 6.07) is 3.67. The van der Waals surface area contributed by atoms with Gasteiger partial charge in [-0.3, -0.25) is 0 Å². The largest absolute Gasteiger partial charge is 0.493 e. The van der Waals surface area contributed by atoms with Crippen molar-refractivity contribution in [2.45, 2.75) is 20.0 Å². The molecule has 1 N–H and O–H groups in total. The highest BCUT2D eigenvalue weighted by atomic mass is 16.5. The second kappa shape index (κ2) is 4.86. The van der Waals surface area contributed by atoms with Gasteiger partial charge in [-0.15, -0.1) is 0 Å². The fourth-order valence-corrected chi connectivity index (χ4v) is 1.57. The molecule has 78 valence electrons. The number of rotatable bonds is 4. The van der Waals surface area contributed by atoms with E-state index in [-0.39, 0.29) is 6.61 Å². The van der Waals surface area contributed by atoms with Gasteiger partial charge in [0.25, 0.3) is 0 Å². The predicted octanol–water partition coefficient (Wildman–Crippen LogP) is 1.76. The molecule has 0 saturated heterocycles. The molecule has 0 radical (unpaired) electrons. The Morgan fingerprint density at radius 1 is 1.21 bits per heavy atom. The van der Waals surface area contributed by atoms with Crippen LogP contribution in [0.1, 0.15) is 18.1 Å². The van der Waals surface area contributed by atoms with Gasteiger partial charge in [0.1, 0.15) is 0 Å². The Kier molecular flexibility index (Phi) is 3.77. The van der Waals surface area contributed by atoms with E-state index in [4.69, 9.17) is 14.6 Å². The maximum atomic E-state index is 9.14. The number of aliphatic hydroxyl groups excluding tert-OH is 1. The van der Waals surface area contributed by atoms with Gasteiger partial charge in [-0.2, -0.15) is 0 Å². The summed E-state index contributed by atoms with van der Waals surface area (Å²) in [4.78, 5) is 0. The number of ether oxygens (including phenoxy) is 2. The van der Waals surface area contributed by atoms with E-state index in [2.05, 4.69) is 0 Å². The molecule has 0 fully saturated rings. The first kappa shape index (κ1) is 10.9. The zero-order chi connectivity index (χ0) is 10.6. The van der Waals surface area contributed by atoms with Crippen molar-refractivity contribution in [3.05, 3.63) is 23.3 Å². The zero-order valence-corrected chi connectivity index (χ0v) is 8.83. The molecule has 0 aliphatic carbocycles. The van der Waals surface area contributed by atoms with E-state index in [0.717, 1.165) is 23.3 Å². The first-order valence-electron chi connectivity index (χ1n) is 4.62. The lowest BCUT2D eigenvalue weighted by Crippen LogP contribution is -1.99. The molecule has 0 saturated carbocycles. The molecule has 0 unspecified atom stereocenters. The molecule has 3 heteroatoms. The van der Waals surface area contributed by atoms with Gasteiger partial charge in [0.2, 0.25) is 0 Å². The average molecular weight is 196 g/mol. The summed E-state index contributed by atoms with van der Waals surface area (Å²) in [5.74, 6) is 1.43. The third-order valence-electron chi connectivity index (χ3n) is 2.27. The van der Waals surface area contributed by atoms with Crippen LogP contribution in [0.25, 0.3) is 0 Å². The van der Waals surface area contributed by atoms with E-state index in [0.29, 0.717) is 5.75 Å². The van der Waals surface area contributed by atoms with Crippen molar-refractivity contribution in [3.8, 4) is 11.5 Å². The fraction of sp³-hybridized carbons (Fsp3) is 0.455. The summed E-state index contributed by atoms with van der Waals surface area (Å²) < 4.78 is 10.4. The van der Waals surface area contributed by atoms with E-state index in [9.17, 15) is 0 Å². The molecule has 0 bridgehead atoms.